The number of rotatable bonds is 22. The average Bonchev–Trinajstić information content (AvgIpc) is 3.23. The maximum atomic E-state index is 12.9. The van der Waals surface area contributed by atoms with Gasteiger partial charge in [-0.3, -0.25) is 9.59 Å². The van der Waals surface area contributed by atoms with Gasteiger partial charge >= 0.3 is 5.97 Å². The molecule has 0 bridgehead atoms. The summed E-state index contributed by atoms with van der Waals surface area (Å²) in [6.07, 6.45) is 15.5. The zero-order chi connectivity index (χ0) is 31.3. The third-order valence-corrected chi connectivity index (χ3v) is 10.1. The molecule has 0 aliphatic carbocycles. The summed E-state index contributed by atoms with van der Waals surface area (Å²) >= 11 is 6.01. The predicted octanol–water partition coefficient (Wildman–Crippen LogP) is 6.44. The molecule has 0 spiro atoms. The molecule has 2 aromatic heterocycles. The maximum absolute atomic E-state index is 12.9. The summed E-state index contributed by atoms with van der Waals surface area (Å²) in [5.74, 6) is -0.565. The number of sulfone groups is 1. The molecule has 0 fully saturated rings. The highest BCUT2D eigenvalue weighted by atomic mass is 35.5. The fourth-order valence-electron chi connectivity index (χ4n) is 5.15. The Labute approximate surface area is 256 Å². The second-order valence-electron chi connectivity index (χ2n) is 11.8. The number of hydrogen-bond donors (Lipinski definition) is 2. The highest BCUT2D eigenvalue weighted by Crippen LogP contribution is 2.26. The lowest BCUT2D eigenvalue weighted by Crippen LogP contribution is -2.37. The maximum Gasteiger partial charge on any atom is 0.320 e. The summed E-state index contributed by atoms with van der Waals surface area (Å²) in [5.41, 5.74) is 6.35. The molecule has 2 atom stereocenters. The zero-order valence-corrected chi connectivity index (χ0v) is 27.4. The van der Waals surface area contributed by atoms with Crippen LogP contribution in [0.5, 0.6) is 0 Å². The number of Topliss-reactive ketones (excluding diaryl/α,β-unsaturated/α-hetero) is 1. The number of aryl methyl sites for hydroxylation is 2. The van der Waals surface area contributed by atoms with Crippen molar-refractivity contribution < 1.29 is 23.1 Å². The molecule has 0 aromatic carbocycles. The summed E-state index contributed by atoms with van der Waals surface area (Å²) in [7, 11) is -3.63. The fourth-order valence-corrected chi connectivity index (χ4v) is 6.50. The SMILES string of the molecule is Cc1nc2nc(Cl)nc(S(=O)(=O)C(C)C)c2n1CCCCCCCCCCCCCCCC(=O)CC(C)[C@H](N)C(=O)O. The molecule has 3 N–H and O–H groups in total. The van der Waals surface area contributed by atoms with E-state index in [1.807, 2.05) is 11.5 Å². The topological polar surface area (TPSA) is 158 Å². The minimum absolute atomic E-state index is 0.0339. The normalized spacial score (nSPS) is 13.6. The minimum Gasteiger partial charge on any atom is -0.480 e. The van der Waals surface area contributed by atoms with Crippen molar-refractivity contribution in [1.82, 2.24) is 19.5 Å². The first-order chi connectivity index (χ1) is 19.9. The summed E-state index contributed by atoms with van der Waals surface area (Å²) in [6, 6.07) is -0.975. The van der Waals surface area contributed by atoms with Crippen LogP contribution in [0.15, 0.2) is 5.03 Å². The van der Waals surface area contributed by atoms with E-state index in [2.05, 4.69) is 15.0 Å². The Morgan fingerprint density at radius 1 is 0.857 bits per heavy atom. The molecule has 12 heteroatoms. The number of nitrogens with two attached hydrogens (primary N) is 1. The highest BCUT2D eigenvalue weighted by Gasteiger charge is 2.28. The number of unbranched alkanes of at least 4 members (excludes halogenated alkanes) is 12. The van der Waals surface area contributed by atoms with Crippen molar-refractivity contribution in [2.75, 3.05) is 0 Å². The standard InChI is InChI=1S/C30H50ClN5O5S/c1-21(2)42(40,41)28-26-27(34-30(31)35-28)33-23(4)36(26)19-17-15-13-11-9-7-5-6-8-10-12-14-16-18-24(37)20-22(3)25(32)29(38)39/h21-22,25H,5-20,32H2,1-4H3,(H,38,39)/t22?,25-/m0/s1. The number of imidazole rings is 1. The molecule has 1 unspecified atom stereocenters. The van der Waals surface area contributed by atoms with Crippen LogP contribution in [0.25, 0.3) is 11.2 Å². The molecule has 2 rings (SSSR count). The zero-order valence-electron chi connectivity index (χ0n) is 25.8. The molecule has 2 aromatic rings. The first-order valence-electron chi connectivity index (χ1n) is 15.5. The van der Waals surface area contributed by atoms with Gasteiger partial charge in [0.05, 0.1) is 5.25 Å². The van der Waals surface area contributed by atoms with Crippen molar-refractivity contribution in [3.63, 3.8) is 0 Å². The van der Waals surface area contributed by atoms with Crippen LogP contribution < -0.4 is 5.73 Å². The lowest BCUT2D eigenvalue weighted by molar-refractivity contribution is -0.139. The van der Waals surface area contributed by atoms with Crippen LogP contribution in [-0.4, -0.2) is 56.1 Å². The molecule has 10 nitrogen and oxygen atoms in total. The second-order valence-corrected chi connectivity index (χ2v) is 14.6. The van der Waals surface area contributed by atoms with Crippen LogP contribution in [0, 0.1) is 12.8 Å². The van der Waals surface area contributed by atoms with E-state index in [4.69, 9.17) is 22.4 Å². The average molecular weight is 628 g/mol. The Hall–Kier alpha value is -2.11. The van der Waals surface area contributed by atoms with Crippen LogP contribution in [0.3, 0.4) is 0 Å². The molecule has 0 aliphatic rings. The Morgan fingerprint density at radius 3 is 1.86 bits per heavy atom. The first-order valence-corrected chi connectivity index (χ1v) is 17.4. The second kappa shape index (κ2) is 17.9. The van der Waals surface area contributed by atoms with Crippen LogP contribution in [0.4, 0.5) is 0 Å². The van der Waals surface area contributed by atoms with Crippen molar-refractivity contribution in [3.05, 3.63) is 11.1 Å². The van der Waals surface area contributed by atoms with Gasteiger partial charge < -0.3 is 15.4 Å². The molecular formula is C30H50ClN5O5S. The molecule has 0 amide bonds. The van der Waals surface area contributed by atoms with Gasteiger partial charge in [0.2, 0.25) is 5.28 Å². The van der Waals surface area contributed by atoms with Gasteiger partial charge in [0.25, 0.3) is 0 Å². The van der Waals surface area contributed by atoms with Gasteiger partial charge in [-0.2, -0.15) is 4.98 Å². The fraction of sp³-hybridized carbons (Fsp3) is 0.767. The number of carbonyl (C=O) groups excluding carboxylic acids is 1. The van der Waals surface area contributed by atoms with Gasteiger partial charge in [-0.15, -0.1) is 0 Å². The van der Waals surface area contributed by atoms with E-state index in [9.17, 15) is 18.0 Å². The summed E-state index contributed by atoms with van der Waals surface area (Å²) in [6.45, 7) is 7.50. The van der Waals surface area contributed by atoms with Gasteiger partial charge in [0.1, 0.15) is 23.2 Å². The van der Waals surface area contributed by atoms with Crippen LogP contribution >= 0.6 is 11.6 Å². The number of ketones is 1. The molecule has 0 aliphatic heterocycles. The molecule has 0 saturated carbocycles. The van der Waals surface area contributed by atoms with E-state index in [0.717, 1.165) is 38.5 Å². The Kier molecular flexibility index (Phi) is 15.4. The number of halogens is 1. The van der Waals surface area contributed by atoms with Crippen molar-refractivity contribution >= 4 is 44.4 Å². The quantitative estimate of drug-likeness (QED) is 0.0851. The van der Waals surface area contributed by atoms with Gasteiger partial charge in [0, 0.05) is 19.4 Å². The van der Waals surface area contributed by atoms with Gasteiger partial charge in [-0.05, 0) is 51.1 Å². The van der Waals surface area contributed by atoms with E-state index in [-0.39, 0.29) is 28.4 Å². The molecule has 2 heterocycles. The number of nitrogens with zero attached hydrogens (tertiary/aromatic N) is 4. The van der Waals surface area contributed by atoms with Gasteiger partial charge in [-0.25, -0.2) is 18.4 Å². The third-order valence-electron chi connectivity index (χ3n) is 7.91. The van der Waals surface area contributed by atoms with Crippen LogP contribution in [-0.2, 0) is 26.0 Å². The lowest BCUT2D eigenvalue weighted by atomic mass is 9.94. The van der Waals surface area contributed by atoms with Gasteiger partial charge in [-0.1, -0.05) is 77.6 Å². The van der Waals surface area contributed by atoms with E-state index in [1.54, 1.807) is 20.8 Å². The van der Waals surface area contributed by atoms with Crippen molar-refractivity contribution in [1.29, 1.82) is 0 Å². The smallest absolute Gasteiger partial charge is 0.320 e. The Balaban J connectivity index is 1.55. The van der Waals surface area contributed by atoms with E-state index in [1.165, 1.54) is 44.9 Å². The Bertz CT molecular complexity index is 1260. The van der Waals surface area contributed by atoms with E-state index >= 15 is 0 Å². The van der Waals surface area contributed by atoms with E-state index < -0.39 is 27.1 Å². The van der Waals surface area contributed by atoms with Crippen molar-refractivity contribution in [2.24, 2.45) is 11.7 Å². The molecule has 0 radical (unpaired) electrons. The molecule has 0 saturated heterocycles. The first kappa shape index (κ1) is 36.1. The number of hydrogen-bond acceptors (Lipinski definition) is 8. The number of carboxylic acids is 1. The Morgan fingerprint density at radius 2 is 1.36 bits per heavy atom. The lowest BCUT2D eigenvalue weighted by Gasteiger charge is -2.14. The monoisotopic (exact) mass is 627 g/mol. The predicted molar refractivity (Wildman–Crippen MR) is 166 cm³/mol. The van der Waals surface area contributed by atoms with Crippen LogP contribution in [0.2, 0.25) is 5.28 Å². The largest absolute Gasteiger partial charge is 0.480 e. The summed E-state index contributed by atoms with van der Waals surface area (Å²) in [5, 5.41) is 8.16. The molecular weight excluding hydrogens is 578 g/mol. The van der Waals surface area contributed by atoms with Gasteiger partial charge in [0.15, 0.2) is 20.5 Å². The number of carboxylic acid groups (broad SMARTS) is 1. The summed E-state index contributed by atoms with van der Waals surface area (Å²) < 4.78 is 27.8. The molecule has 42 heavy (non-hydrogen) atoms. The van der Waals surface area contributed by atoms with Crippen molar-refractivity contribution in [3.8, 4) is 0 Å². The molecule has 238 valence electrons. The highest BCUT2D eigenvalue weighted by molar-refractivity contribution is 7.92. The third kappa shape index (κ3) is 11.2. The number of fused-ring (bicyclic) bond motifs is 1. The number of aromatic nitrogens is 4. The van der Waals surface area contributed by atoms with Crippen molar-refractivity contribution in [2.45, 2.75) is 147 Å². The minimum atomic E-state index is -3.63. The van der Waals surface area contributed by atoms with E-state index in [0.29, 0.717) is 30.0 Å². The summed E-state index contributed by atoms with van der Waals surface area (Å²) in [4.78, 5) is 35.6. The van der Waals surface area contributed by atoms with Crippen LogP contribution in [0.1, 0.15) is 123 Å². The number of aliphatic carboxylic acids is 1. The number of carbonyl (C=O) groups is 2.